The Morgan fingerprint density at radius 1 is 1.25 bits per heavy atom. The number of para-hydroxylation sites is 1. The molecule has 0 radical (unpaired) electrons. The van der Waals surface area contributed by atoms with Gasteiger partial charge in [-0.05, 0) is 43.0 Å². The molecule has 2 aromatic rings. The molecule has 0 saturated carbocycles. The fourth-order valence-electron chi connectivity index (χ4n) is 2.32. The van der Waals surface area contributed by atoms with Crippen molar-refractivity contribution in [2.45, 2.75) is 6.92 Å². The number of methoxy groups -OCH3 is 1. The van der Waals surface area contributed by atoms with E-state index in [9.17, 15) is 4.79 Å². The molecule has 0 aliphatic carbocycles. The molecule has 24 heavy (non-hydrogen) atoms. The van der Waals surface area contributed by atoms with Gasteiger partial charge in [-0.25, -0.2) is 9.98 Å². The monoisotopic (exact) mass is 339 g/mol. The summed E-state index contributed by atoms with van der Waals surface area (Å²) in [6.45, 7) is 2.49. The lowest BCUT2D eigenvalue weighted by Crippen LogP contribution is -2.28. The number of carbonyl (C=O) groups is 1. The van der Waals surface area contributed by atoms with E-state index in [0.717, 1.165) is 11.3 Å². The van der Waals surface area contributed by atoms with Crippen LogP contribution >= 0.6 is 11.8 Å². The third-order valence-electron chi connectivity index (χ3n) is 3.49. The summed E-state index contributed by atoms with van der Waals surface area (Å²) in [5.74, 6) is 1.27. The Morgan fingerprint density at radius 3 is 2.75 bits per heavy atom. The highest BCUT2D eigenvalue weighted by atomic mass is 32.2. The van der Waals surface area contributed by atoms with Gasteiger partial charge in [0.05, 0.1) is 12.0 Å². The first-order valence-corrected chi connectivity index (χ1v) is 8.38. The molecule has 1 aromatic heterocycles. The Hall–Kier alpha value is -2.60. The molecule has 5 nitrogen and oxygen atoms in total. The fraction of sp³-hybridized carbons (Fsp3) is 0.167. The summed E-state index contributed by atoms with van der Waals surface area (Å²) in [6, 6.07) is 13.1. The number of thioether (sulfide) groups is 1. The van der Waals surface area contributed by atoms with Gasteiger partial charge in [-0.2, -0.15) is 0 Å². The highest BCUT2D eigenvalue weighted by Crippen LogP contribution is 2.34. The summed E-state index contributed by atoms with van der Waals surface area (Å²) in [6.07, 6.45) is 3.53. The van der Waals surface area contributed by atoms with Crippen LogP contribution in [0.2, 0.25) is 0 Å². The summed E-state index contributed by atoms with van der Waals surface area (Å²) in [7, 11) is 1.62. The van der Waals surface area contributed by atoms with Crippen LogP contribution in [0.3, 0.4) is 0 Å². The number of rotatable bonds is 4. The Bertz CT molecular complexity index is 803. The lowest BCUT2D eigenvalue weighted by atomic mass is 10.2. The van der Waals surface area contributed by atoms with Gasteiger partial charge in [-0.1, -0.05) is 24.3 Å². The molecule has 1 aliphatic rings. The maximum Gasteiger partial charge on any atom is 0.266 e. The van der Waals surface area contributed by atoms with Gasteiger partial charge in [-0.15, -0.1) is 0 Å². The second-order valence-corrected chi connectivity index (χ2v) is 5.99. The number of pyridine rings is 1. The van der Waals surface area contributed by atoms with E-state index in [1.807, 2.05) is 55.5 Å². The van der Waals surface area contributed by atoms with Crippen molar-refractivity contribution in [3.63, 3.8) is 0 Å². The fourth-order valence-corrected chi connectivity index (χ4v) is 3.36. The molecular formula is C18H17N3O2S. The molecule has 1 fully saturated rings. The molecule has 0 atom stereocenters. The number of ether oxygens (including phenoxy) is 1. The molecule has 6 heteroatoms. The predicted octanol–water partition coefficient (Wildman–Crippen LogP) is 3.71. The Kier molecular flexibility index (Phi) is 4.96. The largest absolute Gasteiger partial charge is 0.496 e. The van der Waals surface area contributed by atoms with E-state index < -0.39 is 0 Å². The van der Waals surface area contributed by atoms with Crippen molar-refractivity contribution in [2.75, 3.05) is 13.7 Å². The molecule has 0 bridgehead atoms. The van der Waals surface area contributed by atoms with Crippen molar-refractivity contribution >= 4 is 34.7 Å². The van der Waals surface area contributed by atoms with E-state index in [1.54, 1.807) is 18.2 Å². The molecule has 1 aliphatic heterocycles. The molecule has 0 unspecified atom stereocenters. The third kappa shape index (κ3) is 3.33. The van der Waals surface area contributed by atoms with Gasteiger partial charge in [0.25, 0.3) is 5.91 Å². The van der Waals surface area contributed by atoms with Crippen molar-refractivity contribution < 1.29 is 9.53 Å². The second kappa shape index (κ2) is 7.31. The van der Waals surface area contributed by atoms with Crippen LogP contribution in [0.1, 0.15) is 12.5 Å². The van der Waals surface area contributed by atoms with Gasteiger partial charge < -0.3 is 4.74 Å². The molecular weight excluding hydrogens is 322 g/mol. The second-order valence-electron chi connectivity index (χ2n) is 4.98. The van der Waals surface area contributed by atoms with Crippen molar-refractivity contribution in [1.29, 1.82) is 0 Å². The Balaban J connectivity index is 1.95. The normalized spacial score (nSPS) is 17.8. The summed E-state index contributed by atoms with van der Waals surface area (Å²) >= 11 is 1.35. The van der Waals surface area contributed by atoms with Crippen LogP contribution in [0.5, 0.6) is 5.75 Å². The number of benzene rings is 1. The summed E-state index contributed by atoms with van der Waals surface area (Å²) in [5.41, 5.74) is 0.867. The first-order chi connectivity index (χ1) is 11.7. The highest BCUT2D eigenvalue weighted by molar-refractivity contribution is 8.18. The van der Waals surface area contributed by atoms with Gasteiger partial charge in [0.15, 0.2) is 11.0 Å². The summed E-state index contributed by atoms with van der Waals surface area (Å²) < 4.78 is 5.35. The Morgan fingerprint density at radius 2 is 2.04 bits per heavy atom. The minimum absolute atomic E-state index is 0.0527. The zero-order valence-corrected chi connectivity index (χ0v) is 14.3. The lowest BCUT2D eigenvalue weighted by molar-refractivity contribution is -0.122. The van der Waals surface area contributed by atoms with Crippen LogP contribution in [-0.4, -0.2) is 34.6 Å². The van der Waals surface area contributed by atoms with Gasteiger partial charge in [0, 0.05) is 18.3 Å². The molecule has 1 aromatic carbocycles. The van der Waals surface area contributed by atoms with Crippen LogP contribution < -0.4 is 4.74 Å². The van der Waals surface area contributed by atoms with Crippen LogP contribution in [-0.2, 0) is 4.79 Å². The average molecular weight is 339 g/mol. The van der Waals surface area contributed by atoms with E-state index in [2.05, 4.69) is 9.98 Å². The number of aromatic nitrogens is 1. The number of hydrogen-bond donors (Lipinski definition) is 0. The lowest BCUT2D eigenvalue weighted by Gasteiger charge is -2.11. The first kappa shape index (κ1) is 16.3. The SMILES string of the molecule is CCN1C(=O)/C(=C/c2ccccc2OC)S/C1=N/c1ccccn1. The molecule has 2 heterocycles. The number of aliphatic imine (C=N–C) groups is 1. The maximum absolute atomic E-state index is 12.6. The van der Waals surface area contributed by atoms with E-state index in [1.165, 1.54) is 11.8 Å². The molecule has 122 valence electrons. The van der Waals surface area contributed by atoms with E-state index in [4.69, 9.17) is 4.74 Å². The maximum atomic E-state index is 12.6. The number of amides is 1. The zero-order chi connectivity index (χ0) is 16.9. The van der Waals surface area contributed by atoms with Crippen molar-refractivity contribution in [3.8, 4) is 5.75 Å². The van der Waals surface area contributed by atoms with Gasteiger partial charge in [0.2, 0.25) is 0 Å². The summed E-state index contributed by atoms with van der Waals surface area (Å²) in [4.78, 5) is 23.6. The van der Waals surface area contributed by atoms with E-state index >= 15 is 0 Å². The number of carbonyl (C=O) groups excluding carboxylic acids is 1. The minimum Gasteiger partial charge on any atom is -0.496 e. The van der Waals surface area contributed by atoms with Gasteiger partial charge in [0.1, 0.15) is 5.75 Å². The van der Waals surface area contributed by atoms with Crippen LogP contribution in [0.25, 0.3) is 6.08 Å². The summed E-state index contributed by atoms with van der Waals surface area (Å²) in [5, 5.41) is 0.641. The molecule has 0 spiro atoms. The van der Waals surface area contributed by atoms with Crippen molar-refractivity contribution in [3.05, 3.63) is 59.1 Å². The van der Waals surface area contributed by atoms with Crippen molar-refractivity contribution in [2.24, 2.45) is 4.99 Å². The smallest absolute Gasteiger partial charge is 0.266 e. The molecule has 1 amide bonds. The van der Waals surface area contributed by atoms with Crippen LogP contribution in [0, 0.1) is 0 Å². The molecule has 0 N–H and O–H groups in total. The zero-order valence-electron chi connectivity index (χ0n) is 13.5. The number of likely N-dealkylation sites (N-methyl/N-ethyl adjacent to an activating group) is 1. The predicted molar refractivity (Wildman–Crippen MR) is 97.3 cm³/mol. The minimum atomic E-state index is -0.0527. The third-order valence-corrected chi connectivity index (χ3v) is 4.50. The quantitative estimate of drug-likeness (QED) is 0.797. The Labute approximate surface area is 145 Å². The number of hydrogen-bond acceptors (Lipinski definition) is 5. The standard InChI is InChI=1S/C18H17N3O2S/c1-3-21-17(22)15(12-13-8-4-5-9-14(13)23-2)24-18(21)20-16-10-6-7-11-19-16/h4-12H,3H2,1-2H3/b15-12-,20-18+. The first-order valence-electron chi connectivity index (χ1n) is 7.57. The topological polar surface area (TPSA) is 54.8 Å². The number of amidine groups is 1. The van der Waals surface area contributed by atoms with Gasteiger partial charge >= 0.3 is 0 Å². The van der Waals surface area contributed by atoms with Crippen LogP contribution in [0.4, 0.5) is 5.82 Å². The molecule has 1 saturated heterocycles. The average Bonchev–Trinajstić information content (AvgIpc) is 2.91. The highest BCUT2D eigenvalue weighted by Gasteiger charge is 2.32. The van der Waals surface area contributed by atoms with Crippen molar-refractivity contribution in [1.82, 2.24) is 9.88 Å². The van der Waals surface area contributed by atoms with Gasteiger partial charge in [-0.3, -0.25) is 9.69 Å². The number of nitrogens with zero attached hydrogens (tertiary/aromatic N) is 3. The van der Waals surface area contributed by atoms with E-state index in [0.29, 0.717) is 22.4 Å². The molecule has 3 rings (SSSR count). The van der Waals surface area contributed by atoms with Crippen LogP contribution in [0.15, 0.2) is 58.6 Å². The van der Waals surface area contributed by atoms with E-state index in [-0.39, 0.29) is 5.91 Å².